The molecule has 0 fully saturated rings. The van der Waals surface area contributed by atoms with Crippen LogP contribution in [0.2, 0.25) is 0 Å². The van der Waals surface area contributed by atoms with Crippen molar-refractivity contribution in [2.24, 2.45) is 5.73 Å². The Morgan fingerprint density at radius 1 is 1.15 bits per heavy atom. The van der Waals surface area contributed by atoms with Crippen molar-refractivity contribution in [2.45, 2.75) is 66.0 Å². The first-order valence-electron chi connectivity index (χ1n) is 8.04. The molecule has 0 aromatic heterocycles. The average molecular weight is 276 g/mol. The van der Waals surface area contributed by atoms with Gasteiger partial charge in [0.25, 0.3) is 0 Å². The van der Waals surface area contributed by atoms with Gasteiger partial charge in [0.2, 0.25) is 0 Å². The van der Waals surface area contributed by atoms with Gasteiger partial charge in [-0.15, -0.1) is 0 Å². The van der Waals surface area contributed by atoms with Crippen LogP contribution in [-0.2, 0) is 0 Å². The van der Waals surface area contributed by atoms with E-state index >= 15 is 0 Å². The summed E-state index contributed by atoms with van der Waals surface area (Å²) in [7, 11) is 0. The Morgan fingerprint density at radius 3 is 2.40 bits per heavy atom. The second kappa shape index (κ2) is 8.43. The predicted molar refractivity (Wildman–Crippen MR) is 89.1 cm³/mol. The second-order valence-electron chi connectivity index (χ2n) is 6.15. The number of nitrogens with two attached hydrogens (primary N) is 1. The molecule has 0 bridgehead atoms. The highest BCUT2D eigenvalue weighted by Crippen LogP contribution is 2.26. The topological polar surface area (TPSA) is 29.3 Å². The summed E-state index contributed by atoms with van der Waals surface area (Å²) in [6.45, 7) is 13.0. The van der Waals surface area contributed by atoms with Crippen LogP contribution in [-0.4, -0.2) is 24.0 Å². The Labute approximate surface area is 125 Å². The summed E-state index contributed by atoms with van der Waals surface area (Å²) in [6, 6.07) is 7.58. The highest BCUT2D eigenvalue weighted by molar-refractivity contribution is 5.33. The second-order valence-corrected chi connectivity index (χ2v) is 6.15. The number of hydrogen-bond acceptors (Lipinski definition) is 2. The molecular weight excluding hydrogens is 244 g/mol. The van der Waals surface area contributed by atoms with Crippen molar-refractivity contribution in [3.8, 4) is 0 Å². The fraction of sp³-hybridized carbons (Fsp3) is 0.667. The van der Waals surface area contributed by atoms with E-state index in [2.05, 4.69) is 57.7 Å². The molecule has 1 atom stereocenters. The van der Waals surface area contributed by atoms with E-state index in [-0.39, 0.29) is 0 Å². The van der Waals surface area contributed by atoms with Crippen LogP contribution in [0.1, 0.15) is 62.8 Å². The van der Waals surface area contributed by atoms with Gasteiger partial charge in [0.1, 0.15) is 0 Å². The lowest BCUT2D eigenvalue weighted by atomic mass is 9.96. The summed E-state index contributed by atoms with van der Waals surface area (Å²) in [5.41, 5.74) is 10.2. The van der Waals surface area contributed by atoms with Gasteiger partial charge in [-0.05, 0) is 51.8 Å². The smallest absolute Gasteiger partial charge is 0.0475 e. The van der Waals surface area contributed by atoms with Crippen LogP contribution in [0, 0.1) is 13.8 Å². The van der Waals surface area contributed by atoms with Crippen LogP contribution >= 0.6 is 0 Å². The molecule has 114 valence electrons. The van der Waals surface area contributed by atoms with Crippen LogP contribution in [0.15, 0.2) is 18.2 Å². The minimum atomic E-state index is 0.340. The van der Waals surface area contributed by atoms with Gasteiger partial charge in [-0.25, -0.2) is 0 Å². The Balaban J connectivity index is 2.97. The van der Waals surface area contributed by atoms with Crippen molar-refractivity contribution in [2.75, 3.05) is 13.1 Å². The number of nitrogens with zero attached hydrogens (tertiary/aromatic N) is 1. The molecule has 1 rings (SSSR count). The number of unbranched alkanes of at least 4 members (excludes halogenated alkanes) is 2. The number of benzene rings is 1. The largest absolute Gasteiger partial charge is 0.329 e. The molecule has 1 aromatic carbocycles. The van der Waals surface area contributed by atoms with E-state index in [0.29, 0.717) is 18.6 Å². The quantitative estimate of drug-likeness (QED) is 0.721. The molecule has 0 amide bonds. The highest BCUT2D eigenvalue weighted by atomic mass is 15.2. The summed E-state index contributed by atoms with van der Waals surface area (Å²) in [5.74, 6) is 0. The summed E-state index contributed by atoms with van der Waals surface area (Å²) in [4.78, 5) is 2.57. The molecule has 1 unspecified atom stereocenters. The molecule has 1 aromatic rings. The predicted octanol–water partition coefficient (Wildman–Crippen LogP) is 4.20. The van der Waals surface area contributed by atoms with E-state index in [1.54, 1.807) is 0 Å². The van der Waals surface area contributed by atoms with Crippen molar-refractivity contribution >= 4 is 0 Å². The van der Waals surface area contributed by atoms with E-state index in [1.807, 2.05) is 0 Å². The van der Waals surface area contributed by atoms with Gasteiger partial charge in [0, 0.05) is 18.6 Å². The third kappa shape index (κ3) is 4.60. The molecule has 2 heteroatoms. The maximum Gasteiger partial charge on any atom is 0.0475 e. The Morgan fingerprint density at radius 2 is 1.85 bits per heavy atom. The molecule has 0 heterocycles. The van der Waals surface area contributed by atoms with E-state index in [0.717, 1.165) is 6.54 Å². The van der Waals surface area contributed by atoms with Gasteiger partial charge in [-0.2, -0.15) is 0 Å². The zero-order valence-electron chi connectivity index (χ0n) is 13.9. The van der Waals surface area contributed by atoms with Crippen LogP contribution in [0.5, 0.6) is 0 Å². The fourth-order valence-electron chi connectivity index (χ4n) is 2.88. The third-order valence-corrected chi connectivity index (χ3v) is 4.10. The molecule has 0 aliphatic heterocycles. The van der Waals surface area contributed by atoms with Crippen molar-refractivity contribution in [3.05, 3.63) is 34.9 Å². The summed E-state index contributed by atoms with van der Waals surface area (Å²) in [6.07, 6.45) is 3.83. The average Bonchev–Trinajstić information content (AvgIpc) is 2.41. The van der Waals surface area contributed by atoms with Crippen molar-refractivity contribution in [1.82, 2.24) is 4.90 Å². The fourth-order valence-corrected chi connectivity index (χ4v) is 2.88. The number of hydrogen-bond donors (Lipinski definition) is 1. The first-order chi connectivity index (χ1) is 9.51. The summed E-state index contributed by atoms with van der Waals surface area (Å²) >= 11 is 0. The van der Waals surface area contributed by atoms with Crippen LogP contribution in [0.3, 0.4) is 0 Å². The van der Waals surface area contributed by atoms with Gasteiger partial charge in [-0.1, -0.05) is 43.5 Å². The standard InChI is InChI=1S/C18H32N2/c1-6-7-8-11-20(14(2)3)18(13-19)17-12-15(4)9-10-16(17)5/h9-10,12,14,18H,6-8,11,13,19H2,1-5H3. The Bertz CT molecular complexity index is 398. The maximum atomic E-state index is 6.13. The zero-order chi connectivity index (χ0) is 15.1. The number of aryl methyl sites for hydroxylation is 2. The van der Waals surface area contributed by atoms with E-state index < -0.39 is 0 Å². The van der Waals surface area contributed by atoms with Gasteiger partial charge in [-0.3, -0.25) is 4.90 Å². The van der Waals surface area contributed by atoms with Crippen LogP contribution in [0.4, 0.5) is 0 Å². The highest BCUT2D eigenvalue weighted by Gasteiger charge is 2.22. The molecule has 0 aliphatic rings. The van der Waals surface area contributed by atoms with E-state index in [4.69, 9.17) is 5.73 Å². The first kappa shape index (κ1) is 17.2. The molecule has 2 N–H and O–H groups in total. The summed E-state index contributed by atoms with van der Waals surface area (Å²) < 4.78 is 0. The zero-order valence-corrected chi connectivity index (χ0v) is 13.9. The molecule has 20 heavy (non-hydrogen) atoms. The van der Waals surface area contributed by atoms with E-state index in [9.17, 15) is 0 Å². The minimum absolute atomic E-state index is 0.340. The summed E-state index contributed by atoms with van der Waals surface area (Å²) in [5, 5.41) is 0. The van der Waals surface area contributed by atoms with Gasteiger partial charge < -0.3 is 5.73 Å². The Kier molecular flexibility index (Phi) is 7.25. The van der Waals surface area contributed by atoms with E-state index in [1.165, 1.54) is 36.0 Å². The normalized spacial score (nSPS) is 13.2. The Hall–Kier alpha value is -0.860. The van der Waals surface area contributed by atoms with Crippen molar-refractivity contribution in [1.29, 1.82) is 0 Å². The van der Waals surface area contributed by atoms with Crippen LogP contribution in [0.25, 0.3) is 0 Å². The lowest BCUT2D eigenvalue weighted by Crippen LogP contribution is -2.39. The molecule has 0 saturated carbocycles. The lowest BCUT2D eigenvalue weighted by Gasteiger charge is -2.35. The third-order valence-electron chi connectivity index (χ3n) is 4.10. The molecule has 0 radical (unpaired) electrons. The van der Waals surface area contributed by atoms with Crippen LogP contribution < -0.4 is 5.73 Å². The molecule has 0 saturated heterocycles. The molecule has 2 nitrogen and oxygen atoms in total. The molecular formula is C18H32N2. The number of rotatable bonds is 8. The van der Waals surface area contributed by atoms with Crippen molar-refractivity contribution in [3.63, 3.8) is 0 Å². The molecule has 0 aliphatic carbocycles. The molecule has 0 spiro atoms. The lowest BCUT2D eigenvalue weighted by molar-refractivity contribution is 0.153. The van der Waals surface area contributed by atoms with Gasteiger partial charge in [0.15, 0.2) is 0 Å². The minimum Gasteiger partial charge on any atom is -0.329 e. The van der Waals surface area contributed by atoms with Gasteiger partial charge >= 0.3 is 0 Å². The van der Waals surface area contributed by atoms with Crippen molar-refractivity contribution < 1.29 is 0 Å². The van der Waals surface area contributed by atoms with Gasteiger partial charge in [0.05, 0.1) is 0 Å². The monoisotopic (exact) mass is 276 g/mol. The SMILES string of the molecule is CCCCCN(C(C)C)C(CN)c1cc(C)ccc1C. The first-order valence-corrected chi connectivity index (χ1v) is 8.04. The maximum absolute atomic E-state index is 6.13.